The molecule has 0 atom stereocenters. The number of rotatable bonds is 5. The fourth-order valence-electron chi connectivity index (χ4n) is 4.16. The molecule has 1 N–H and O–H groups in total. The van der Waals surface area contributed by atoms with Gasteiger partial charge in [0, 0.05) is 30.7 Å². The fourth-order valence-corrected chi connectivity index (χ4v) is 4.16. The maximum atomic E-state index is 15.1. The summed E-state index contributed by atoms with van der Waals surface area (Å²) >= 11 is 0. The maximum Gasteiger partial charge on any atom is 0.341 e. The fraction of sp³-hybridized carbons (Fsp3) is 0.292. The van der Waals surface area contributed by atoms with E-state index in [9.17, 15) is 19.1 Å². The van der Waals surface area contributed by atoms with Gasteiger partial charge in [0.25, 0.3) is 0 Å². The predicted octanol–water partition coefficient (Wildman–Crippen LogP) is 3.47. The second-order valence-corrected chi connectivity index (χ2v) is 8.37. The Labute approximate surface area is 188 Å². The van der Waals surface area contributed by atoms with E-state index in [0.717, 1.165) is 24.5 Å². The molecule has 1 aromatic heterocycles. The zero-order valence-electron chi connectivity index (χ0n) is 17.7. The number of pyridine rings is 1. The van der Waals surface area contributed by atoms with Gasteiger partial charge in [-0.05, 0) is 42.7 Å². The van der Waals surface area contributed by atoms with Gasteiger partial charge < -0.3 is 14.6 Å². The van der Waals surface area contributed by atoms with Gasteiger partial charge in [-0.2, -0.15) is 5.10 Å². The third-order valence-corrected chi connectivity index (χ3v) is 6.11. The second kappa shape index (κ2) is 8.31. The van der Waals surface area contributed by atoms with Crippen LogP contribution in [0.1, 0.15) is 34.8 Å². The monoisotopic (exact) mass is 452 g/mol. The van der Waals surface area contributed by atoms with Crippen LogP contribution >= 0.6 is 0 Å². The van der Waals surface area contributed by atoms with Crippen LogP contribution in [-0.2, 0) is 0 Å². The summed E-state index contributed by atoms with van der Waals surface area (Å²) in [5.41, 5.74) is 0.731. The number of hydrogen-bond acceptors (Lipinski definition) is 5. The van der Waals surface area contributed by atoms with E-state index < -0.39 is 17.2 Å². The Morgan fingerprint density at radius 3 is 2.39 bits per heavy atom. The summed E-state index contributed by atoms with van der Waals surface area (Å²) in [5.74, 6) is -2.16. The quantitative estimate of drug-likeness (QED) is 0.600. The van der Waals surface area contributed by atoms with Crippen LogP contribution in [-0.4, -0.2) is 53.0 Å². The van der Waals surface area contributed by atoms with Gasteiger partial charge >= 0.3 is 5.97 Å². The van der Waals surface area contributed by atoms with E-state index in [1.807, 2.05) is 9.91 Å². The summed E-state index contributed by atoms with van der Waals surface area (Å²) in [6.07, 6.45) is 4.84. The summed E-state index contributed by atoms with van der Waals surface area (Å²) in [6.45, 7) is 2.21. The van der Waals surface area contributed by atoms with E-state index in [2.05, 4.69) is 5.10 Å². The van der Waals surface area contributed by atoms with Crippen molar-refractivity contribution in [1.29, 1.82) is 0 Å². The highest BCUT2D eigenvalue weighted by atomic mass is 19.1. The minimum absolute atomic E-state index is 0.0885. The highest BCUT2D eigenvalue weighted by Crippen LogP contribution is 2.38. The summed E-state index contributed by atoms with van der Waals surface area (Å²) in [6, 6.07) is 9.00. The normalized spacial score (nSPS) is 16.7. The van der Waals surface area contributed by atoms with E-state index in [4.69, 9.17) is 0 Å². The molecule has 5 rings (SSSR count). The molecule has 0 radical (unpaired) electrons. The molecule has 0 amide bonds. The molecule has 2 aromatic carbocycles. The van der Waals surface area contributed by atoms with Gasteiger partial charge in [-0.3, -0.25) is 9.80 Å². The van der Waals surface area contributed by atoms with Crippen LogP contribution < -0.4 is 10.3 Å². The molecule has 33 heavy (non-hydrogen) atoms. The lowest BCUT2D eigenvalue weighted by Crippen LogP contribution is -2.44. The number of carboxylic acid groups (broad SMARTS) is 1. The molecule has 2 aliphatic rings. The number of carboxylic acids is 1. The van der Waals surface area contributed by atoms with Crippen molar-refractivity contribution in [2.45, 2.75) is 18.9 Å². The summed E-state index contributed by atoms with van der Waals surface area (Å²) in [7, 11) is 0. The molecule has 2 fully saturated rings. The zero-order chi connectivity index (χ0) is 23.1. The van der Waals surface area contributed by atoms with E-state index in [-0.39, 0.29) is 22.8 Å². The number of aromatic nitrogens is 1. The van der Waals surface area contributed by atoms with Crippen molar-refractivity contribution in [3.8, 4) is 0 Å². The number of anilines is 1. The highest BCUT2D eigenvalue weighted by molar-refractivity contribution is 5.93. The maximum absolute atomic E-state index is 15.1. The number of aromatic carboxylic acids is 1. The van der Waals surface area contributed by atoms with Gasteiger partial charge in [0.2, 0.25) is 5.43 Å². The van der Waals surface area contributed by atoms with Crippen molar-refractivity contribution in [2.24, 2.45) is 5.10 Å². The molecular weight excluding hydrogens is 430 g/mol. The number of fused-ring (bicyclic) bond motifs is 1. The van der Waals surface area contributed by atoms with Crippen molar-refractivity contribution in [1.82, 2.24) is 9.58 Å². The number of halogens is 2. The Morgan fingerprint density at radius 2 is 1.76 bits per heavy atom. The largest absolute Gasteiger partial charge is 0.477 e. The molecule has 1 aliphatic carbocycles. The standard InChI is InChI=1S/C24H22F2N4O3/c25-16-3-1-15(2-4-16)13-27-29-9-7-28(8-10-29)22-12-21-18(11-20(22)26)23(31)19(24(32)33)14-30(21)17-5-6-17/h1-4,11-14,17H,5-10H2,(H,32,33)/b27-13+. The van der Waals surface area contributed by atoms with Gasteiger partial charge in [-0.25, -0.2) is 13.6 Å². The Morgan fingerprint density at radius 1 is 1.06 bits per heavy atom. The molecule has 1 saturated carbocycles. The molecule has 1 saturated heterocycles. The van der Waals surface area contributed by atoms with Gasteiger partial charge in [0.05, 0.1) is 30.5 Å². The van der Waals surface area contributed by atoms with Crippen molar-refractivity contribution in [3.63, 3.8) is 0 Å². The van der Waals surface area contributed by atoms with Crippen LogP contribution in [0.2, 0.25) is 0 Å². The molecule has 170 valence electrons. The van der Waals surface area contributed by atoms with E-state index in [1.165, 1.54) is 18.3 Å². The van der Waals surface area contributed by atoms with E-state index >= 15 is 4.39 Å². The van der Waals surface area contributed by atoms with Crippen LogP contribution in [0.4, 0.5) is 14.5 Å². The minimum Gasteiger partial charge on any atom is -0.477 e. The smallest absolute Gasteiger partial charge is 0.341 e. The number of nitrogens with zero attached hydrogens (tertiary/aromatic N) is 4. The molecular formula is C24H22F2N4O3. The van der Waals surface area contributed by atoms with Crippen molar-refractivity contribution in [3.05, 3.63) is 75.6 Å². The van der Waals surface area contributed by atoms with Gasteiger partial charge in [-0.1, -0.05) is 12.1 Å². The first kappa shape index (κ1) is 21.1. The third kappa shape index (κ3) is 4.18. The predicted molar refractivity (Wildman–Crippen MR) is 121 cm³/mol. The number of piperazine rings is 1. The van der Waals surface area contributed by atoms with Crippen molar-refractivity contribution >= 4 is 28.8 Å². The summed E-state index contributed by atoms with van der Waals surface area (Å²) in [4.78, 5) is 26.0. The average Bonchev–Trinajstić information content (AvgIpc) is 3.64. The second-order valence-electron chi connectivity index (χ2n) is 8.37. The Kier molecular flexibility index (Phi) is 5.32. The number of benzene rings is 2. The Balaban J connectivity index is 1.39. The van der Waals surface area contributed by atoms with Crippen LogP contribution in [0.3, 0.4) is 0 Å². The number of hydrogen-bond donors (Lipinski definition) is 1. The minimum atomic E-state index is -1.31. The van der Waals surface area contributed by atoms with Crippen LogP contribution in [0.5, 0.6) is 0 Å². The molecule has 3 aromatic rings. The van der Waals surface area contributed by atoms with Crippen LogP contribution in [0, 0.1) is 11.6 Å². The van der Waals surface area contributed by atoms with Crippen molar-refractivity contribution in [2.75, 3.05) is 31.1 Å². The average molecular weight is 452 g/mol. The molecule has 0 spiro atoms. The molecule has 0 bridgehead atoms. The SMILES string of the molecule is O=C(O)c1cn(C2CC2)c2cc(N3CCN(/N=C/c4ccc(F)cc4)CC3)c(F)cc2c1=O. The van der Waals surface area contributed by atoms with Crippen LogP contribution in [0.15, 0.2) is 52.5 Å². The van der Waals surface area contributed by atoms with E-state index in [1.54, 1.807) is 29.0 Å². The highest BCUT2D eigenvalue weighted by Gasteiger charge is 2.28. The first-order valence-corrected chi connectivity index (χ1v) is 10.8. The molecule has 0 unspecified atom stereocenters. The first-order chi connectivity index (χ1) is 15.9. The topological polar surface area (TPSA) is 78.1 Å². The van der Waals surface area contributed by atoms with Crippen molar-refractivity contribution < 1.29 is 18.7 Å². The molecule has 9 heteroatoms. The lowest BCUT2D eigenvalue weighted by atomic mass is 10.1. The zero-order valence-corrected chi connectivity index (χ0v) is 17.7. The lowest BCUT2D eigenvalue weighted by molar-refractivity contribution is 0.0695. The molecule has 2 heterocycles. The Bertz CT molecular complexity index is 1310. The molecule has 1 aliphatic heterocycles. The summed E-state index contributed by atoms with van der Waals surface area (Å²) in [5, 5.41) is 15.8. The van der Waals surface area contributed by atoms with Gasteiger partial charge in [0.1, 0.15) is 17.2 Å². The van der Waals surface area contributed by atoms with E-state index in [0.29, 0.717) is 37.4 Å². The first-order valence-electron chi connectivity index (χ1n) is 10.8. The van der Waals surface area contributed by atoms with Crippen LogP contribution in [0.25, 0.3) is 10.9 Å². The lowest BCUT2D eigenvalue weighted by Gasteiger charge is -2.35. The van der Waals surface area contributed by atoms with Gasteiger partial charge in [0.15, 0.2) is 0 Å². The molecule has 7 nitrogen and oxygen atoms in total. The third-order valence-electron chi connectivity index (χ3n) is 6.11. The van der Waals surface area contributed by atoms with Gasteiger partial charge in [-0.15, -0.1) is 0 Å². The number of carbonyl (C=O) groups is 1. The Hall–Kier alpha value is -3.75. The summed E-state index contributed by atoms with van der Waals surface area (Å²) < 4.78 is 29.9. The number of hydrazone groups is 1.